The lowest BCUT2D eigenvalue weighted by Gasteiger charge is -2.24. The minimum absolute atomic E-state index is 0.171. The van der Waals surface area contributed by atoms with Crippen molar-refractivity contribution in [2.45, 2.75) is 26.4 Å². The first-order chi connectivity index (χ1) is 19.8. The number of allylic oxidation sites excluding steroid dienone is 1. The van der Waals surface area contributed by atoms with Crippen molar-refractivity contribution in [3.8, 4) is 0 Å². The Morgan fingerprint density at radius 3 is 2.44 bits per heavy atom. The Morgan fingerprint density at radius 1 is 1.00 bits per heavy atom. The molecule has 0 N–H and O–H groups in total. The largest absolute Gasteiger partial charge is 0.463 e. The highest BCUT2D eigenvalue weighted by atomic mass is 35.5. The van der Waals surface area contributed by atoms with Gasteiger partial charge in [-0.25, -0.2) is 9.79 Å². The molecule has 10 heteroatoms. The van der Waals surface area contributed by atoms with E-state index in [0.29, 0.717) is 42.9 Å². The van der Waals surface area contributed by atoms with Gasteiger partial charge in [-0.1, -0.05) is 83.1 Å². The van der Waals surface area contributed by atoms with Crippen LogP contribution in [-0.2, 0) is 20.9 Å². The minimum Gasteiger partial charge on any atom is -0.463 e. The molecule has 3 aromatic carbocycles. The number of halogens is 2. The number of hydrogen-bond donors (Lipinski definition) is 0. The molecule has 41 heavy (non-hydrogen) atoms. The lowest BCUT2D eigenvalue weighted by molar-refractivity contribution is -0.139. The molecule has 0 saturated heterocycles. The Hall–Kier alpha value is -3.98. The third kappa shape index (κ3) is 4.62. The summed E-state index contributed by atoms with van der Waals surface area (Å²) in [7, 11) is 0. The second-order valence-electron chi connectivity index (χ2n) is 9.55. The van der Waals surface area contributed by atoms with Gasteiger partial charge in [0.25, 0.3) is 11.5 Å². The molecule has 0 bridgehead atoms. The Morgan fingerprint density at radius 2 is 1.71 bits per heavy atom. The van der Waals surface area contributed by atoms with E-state index < -0.39 is 17.6 Å². The molecule has 4 aromatic rings. The van der Waals surface area contributed by atoms with Gasteiger partial charge in [-0.05, 0) is 49.2 Å². The van der Waals surface area contributed by atoms with E-state index in [1.54, 1.807) is 49.1 Å². The molecule has 7 nitrogen and oxygen atoms in total. The molecular formula is C31H23Cl2N3O4S. The van der Waals surface area contributed by atoms with E-state index in [4.69, 9.17) is 27.9 Å². The zero-order valence-corrected chi connectivity index (χ0v) is 24.4. The minimum atomic E-state index is -0.803. The summed E-state index contributed by atoms with van der Waals surface area (Å²) >= 11 is 13.7. The third-order valence-electron chi connectivity index (χ3n) is 7.11. The topological polar surface area (TPSA) is 81.0 Å². The third-order valence-corrected chi connectivity index (χ3v) is 8.79. The lowest BCUT2D eigenvalue weighted by atomic mass is 9.96. The quantitative estimate of drug-likeness (QED) is 0.300. The highest BCUT2D eigenvalue weighted by Crippen LogP contribution is 2.37. The predicted octanol–water partition coefficient (Wildman–Crippen LogP) is 5.02. The van der Waals surface area contributed by atoms with Gasteiger partial charge in [-0.3, -0.25) is 14.2 Å². The monoisotopic (exact) mass is 603 g/mol. The van der Waals surface area contributed by atoms with E-state index in [0.717, 1.165) is 16.9 Å². The maximum Gasteiger partial charge on any atom is 0.338 e. The second kappa shape index (κ2) is 10.8. The molecule has 206 valence electrons. The number of esters is 1. The van der Waals surface area contributed by atoms with E-state index in [1.807, 2.05) is 42.5 Å². The first kappa shape index (κ1) is 27.2. The molecule has 0 fully saturated rings. The van der Waals surface area contributed by atoms with E-state index in [-0.39, 0.29) is 29.2 Å². The smallest absolute Gasteiger partial charge is 0.338 e. The molecule has 0 aliphatic carbocycles. The highest BCUT2D eigenvalue weighted by molar-refractivity contribution is 7.07. The van der Waals surface area contributed by atoms with Crippen LogP contribution in [0, 0.1) is 0 Å². The van der Waals surface area contributed by atoms with Crippen LogP contribution in [0.3, 0.4) is 0 Å². The highest BCUT2D eigenvalue weighted by Gasteiger charge is 2.37. The van der Waals surface area contributed by atoms with E-state index in [9.17, 15) is 14.4 Å². The summed E-state index contributed by atoms with van der Waals surface area (Å²) < 4.78 is 7.09. The summed E-state index contributed by atoms with van der Waals surface area (Å²) in [4.78, 5) is 48.1. The van der Waals surface area contributed by atoms with Crippen LogP contribution >= 0.6 is 34.5 Å². The van der Waals surface area contributed by atoms with Gasteiger partial charge in [-0.2, -0.15) is 0 Å². The maximum atomic E-state index is 14.3. The van der Waals surface area contributed by atoms with Gasteiger partial charge in [0.2, 0.25) is 0 Å². The fourth-order valence-corrected chi connectivity index (χ4v) is 6.71. The van der Waals surface area contributed by atoms with Gasteiger partial charge in [-0.15, -0.1) is 0 Å². The average molecular weight is 605 g/mol. The van der Waals surface area contributed by atoms with Crippen LogP contribution in [-0.4, -0.2) is 23.1 Å². The van der Waals surface area contributed by atoms with Crippen LogP contribution < -0.4 is 19.8 Å². The molecule has 6 rings (SSSR count). The second-order valence-corrected chi connectivity index (χ2v) is 11.4. The Bertz CT molecular complexity index is 1940. The normalized spacial score (nSPS) is 17.3. The summed E-state index contributed by atoms with van der Waals surface area (Å²) in [6.45, 7) is 3.86. The van der Waals surface area contributed by atoms with E-state index in [1.165, 1.54) is 4.57 Å². The predicted molar refractivity (Wildman–Crippen MR) is 160 cm³/mol. The van der Waals surface area contributed by atoms with Crippen LogP contribution in [0.4, 0.5) is 5.69 Å². The summed E-state index contributed by atoms with van der Waals surface area (Å²) in [6, 6.07) is 20.9. The van der Waals surface area contributed by atoms with E-state index in [2.05, 4.69) is 4.99 Å². The van der Waals surface area contributed by atoms with Crippen molar-refractivity contribution in [1.29, 1.82) is 0 Å². The van der Waals surface area contributed by atoms with Gasteiger partial charge in [0.1, 0.15) is 4.53 Å². The Balaban J connectivity index is 1.58. The number of hydrogen-bond acceptors (Lipinski definition) is 6. The number of amides is 1. The molecule has 0 radical (unpaired) electrons. The summed E-state index contributed by atoms with van der Waals surface area (Å²) in [5.41, 5.74) is 3.39. The van der Waals surface area contributed by atoms with Gasteiger partial charge in [0.05, 0.1) is 41.7 Å². The van der Waals surface area contributed by atoms with Crippen LogP contribution in [0.5, 0.6) is 0 Å². The van der Waals surface area contributed by atoms with Crippen molar-refractivity contribution < 1.29 is 14.3 Å². The number of carbonyl (C=O) groups excluding carboxylic acids is 2. The van der Waals surface area contributed by atoms with Crippen molar-refractivity contribution in [1.82, 2.24) is 4.57 Å². The summed E-state index contributed by atoms with van der Waals surface area (Å²) in [6.07, 6.45) is 0. The standard InChI is InChI=1S/C31H23Cl2N3O4S/c1-3-40-30(39)24-17(2)34-31-36(26(24)18-12-14-20(32)15-13-18)29(38)27(41-31)25-21-9-5-7-11-23(21)35(28(25)37)16-19-8-4-6-10-22(19)33/h4-15,26H,3,16H2,1-2H3/b27-25+/t26-/m1/s1. The van der Waals surface area contributed by atoms with Crippen molar-refractivity contribution in [2.75, 3.05) is 11.5 Å². The van der Waals surface area contributed by atoms with Gasteiger partial charge < -0.3 is 9.64 Å². The number of thiazole rings is 1. The van der Waals surface area contributed by atoms with Crippen molar-refractivity contribution >= 4 is 57.7 Å². The van der Waals surface area contributed by atoms with Gasteiger partial charge in [0.15, 0.2) is 4.80 Å². The molecule has 0 saturated carbocycles. The zero-order chi connectivity index (χ0) is 28.8. The number of ether oxygens (including phenoxy) is 1. The zero-order valence-electron chi connectivity index (χ0n) is 22.1. The van der Waals surface area contributed by atoms with Crippen molar-refractivity contribution in [3.63, 3.8) is 0 Å². The molecule has 1 amide bonds. The summed E-state index contributed by atoms with van der Waals surface area (Å²) in [5.74, 6) is -0.861. The number of benzene rings is 3. The molecule has 0 spiro atoms. The van der Waals surface area contributed by atoms with Crippen molar-refractivity contribution in [2.24, 2.45) is 4.99 Å². The summed E-state index contributed by atoms with van der Waals surface area (Å²) in [5, 5.41) is 1.07. The molecule has 0 unspecified atom stereocenters. The molecule has 2 aliphatic rings. The van der Waals surface area contributed by atoms with Crippen LogP contribution in [0.2, 0.25) is 10.0 Å². The SMILES string of the molecule is CCOC(=O)C1=C(C)N=c2s/c(=C3/C(=O)N(Cc4ccccc4Cl)c4ccccc43)c(=O)n2[C@@H]1c1ccc(Cl)cc1. The van der Waals surface area contributed by atoms with Crippen LogP contribution in [0.15, 0.2) is 93.9 Å². The van der Waals surface area contributed by atoms with Crippen LogP contribution in [0.25, 0.3) is 5.57 Å². The maximum absolute atomic E-state index is 14.3. The van der Waals surface area contributed by atoms with Crippen LogP contribution in [0.1, 0.15) is 36.6 Å². The average Bonchev–Trinajstić information content (AvgIpc) is 3.42. The number of nitrogens with zero attached hydrogens (tertiary/aromatic N) is 3. The number of rotatable bonds is 5. The van der Waals surface area contributed by atoms with Gasteiger partial charge in [0, 0.05) is 15.6 Å². The first-order valence-corrected chi connectivity index (χ1v) is 14.5. The molecular weight excluding hydrogens is 581 g/mol. The molecule has 3 heterocycles. The fourth-order valence-electron chi connectivity index (χ4n) is 5.26. The van der Waals surface area contributed by atoms with Gasteiger partial charge >= 0.3 is 5.97 Å². The first-order valence-electron chi connectivity index (χ1n) is 12.9. The Kier molecular flexibility index (Phi) is 7.15. The molecule has 1 aromatic heterocycles. The number of carbonyl (C=O) groups is 2. The number of aromatic nitrogens is 1. The van der Waals surface area contributed by atoms with E-state index >= 15 is 0 Å². The fraction of sp³-hybridized carbons (Fsp3) is 0.161. The Labute approximate surface area is 249 Å². The number of para-hydroxylation sites is 1. The number of anilines is 1. The number of fused-ring (bicyclic) bond motifs is 2. The lowest BCUT2D eigenvalue weighted by Crippen LogP contribution is -2.41. The van der Waals surface area contributed by atoms with Crippen molar-refractivity contribution in [3.05, 3.63) is 130 Å². The molecule has 2 aliphatic heterocycles. The molecule has 1 atom stereocenters.